The van der Waals surface area contributed by atoms with Gasteiger partial charge < -0.3 is 24.8 Å². The molecule has 5 aliphatic heterocycles. The van der Waals surface area contributed by atoms with Gasteiger partial charge in [0.1, 0.15) is 30.5 Å². The normalized spacial score (nSPS) is 25.9. The predicted octanol–water partition coefficient (Wildman–Crippen LogP) is 6.78. The van der Waals surface area contributed by atoms with Crippen molar-refractivity contribution in [2.45, 2.75) is 95.2 Å². The van der Waals surface area contributed by atoms with Gasteiger partial charge in [0, 0.05) is 18.7 Å². The highest BCUT2D eigenvalue weighted by molar-refractivity contribution is 6.36. The lowest BCUT2D eigenvalue weighted by Crippen LogP contribution is -2.63. The topological polar surface area (TPSA) is 119 Å². The van der Waals surface area contributed by atoms with E-state index in [9.17, 15) is 18.0 Å². The second-order valence-electron chi connectivity index (χ2n) is 15.6. The van der Waals surface area contributed by atoms with Crippen molar-refractivity contribution < 1.29 is 32.2 Å². The number of hydrogen-bond donors (Lipinski definition) is 1. The van der Waals surface area contributed by atoms with Gasteiger partial charge in [-0.25, -0.2) is 9.78 Å². The maximum Gasteiger partial charge on any atom is 0.418 e. The summed E-state index contributed by atoms with van der Waals surface area (Å²) in [6, 6.07) is 1.97. The third kappa shape index (κ3) is 5.69. The van der Waals surface area contributed by atoms with E-state index in [0.29, 0.717) is 36.3 Å². The van der Waals surface area contributed by atoms with Crippen LogP contribution < -0.4 is 20.1 Å². The number of nitrogens with zero attached hydrogens (tertiary/aromatic N) is 6. The SMILES string of the molecule is C=C1CN2CCC[C@@]2(COc2nc3c4c(c(Cl)c(-c5nc(N)cc(C)c5C(F)(F)F)cc4n2)OC[C@@H]2[C@@H]4CC[C@H](CN32)N4C(=O)OC(C)(C)C)C1. The van der Waals surface area contributed by atoms with Crippen LogP contribution in [0.5, 0.6) is 11.8 Å². The van der Waals surface area contributed by atoms with Gasteiger partial charge in [-0.2, -0.15) is 23.1 Å². The number of benzene rings is 1. The molecule has 0 radical (unpaired) electrons. The van der Waals surface area contributed by atoms with Gasteiger partial charge in [0.25, 0.3) is 0 Å². The zero-order valence-electron chi connectivity index (χ0n) is 29.1. The monoisotopic (exact) mass is 727 g/mol. The molecular formula is C36H41ClF3N7O4. The molecule has 7 heterocycles. The summed E-state index contributed by atoms with van der Waals surface area (Å²) in [6.07, 6.45) is -0.859. The van der Waals surface area contributed by atoms with Gasteiger partial charge in [-0.15, -0.1) is 0 Å². The van der Waals surface area contributed by atoms with E-state index in [4.69, 9.17) is 41.5 Å². The number of nitrogen functional groups attached to an aromatic ring is 1. The Morgan fingerprint density at radius 3 is 2.71 bits per heavy atom. The van der Waals surface area contributed by atoms with Crippen molar-refractivity contribution in [3.05, 3.63) is 40.4 Å². The molecule has 4 atom stereocenters. The Kier molecular flexibility index (Phi) is 7.84. The molecule has 15 heteroatoms. The fourth-order valence-electron chi connectivity index (χ4n) is 8.93. The number of ether oxygens (including phenoxy) is 3. The molecule has 2 bridgehead atoms. The highest BCUT2D eigenvalue weighted by atomic mass is 35.5. The molecule has 8 rings (SSSR count). The van der Waals surface area contributed by atoms with E-state index < -0.39 is 29.1 Å². The Morgan fingerprint density at radius 1 is 1.18 bits per heavy atom. The molecule has 4 saturated heterocycles. The highest BCUT2D eigenvalue weighted by Gasteiger charge is 2.52. The van der Waals surface area contributed by atoms with Crippen LogP contribution in [0.3, 0.4) is 0 Å². The van der Waals surface area contributed by atoms with Crippen LogP contribution >= 0.6 is 11.6 Å². The molecule has 0 saturated carbocycles. The number of carbonyl (C=O) groups excluding carboxylic acids is 1. The summed E-state index contributed by atoms with van der Waals surface area (Å²) in [7, 11) is 0. The van der Waals surface area contributed by atoms with Gasteiger partial charge in [-0.3, -0.25) is 9.80 Å². The van der Waals surface area contributed by atoms with Gasteiger partial charge in [0.05, 0.1) is 50.8 Å². The van der Waals surface area contributed by atoms with Crippen molar-refractivity contribution in [1.82, 2.24) is 24.8 Å². The quantitative estimate of drug-likeness (QED) is 0.288. The minimum Gasteiger partial charge on any atom is -0.489 e. The summed E-state index contributed by atoms with van der Waals surface area (Å²) in [6.45, 7) is 13.7. The number of alkyl halides is 3. The van der Waals surface area contributed by atoms with Crippen molar-refractivity contribution >= 4 is 40.2 Å². The largest absolute Gasteiger partial charge is 0.489 e. The van der Waals surface area contributed by atoms with Crippen LogP contribution in [0.1, 0.15) is 64.0 Å². The van der Waals surface area contributed by atoms with Crippen LogP contribution in [0.15, 0.2) is 24.3 Å². The molecule has 1 amide bonds. The molecule has 2 N–H and O–H groups in total. The number of aryl methyl sites for hydroxylation is 1. The zero-order valence-corrected chi connectivity index (χ0v) is 29.8. The van der Waals surface area contributed by atoms with Gasteiger partial charge in [0.2, 0.25) is 0 Å². The average Bonchev–Trinajstić information content (AvgIpc) is 3.62. The minimum atomic E-state index is -4.75. The number of fused-ring (bicyclic) bond motifs is 6. The number of halogens is 4. The third-order valence-electron chi connectivity index (χ3n) is 10.9. The second-order valence-corrected chi connectivity index (χ2v) is 15.9. The molecule has 0 spiro atoms. The van der Waals surface area contributed by atoms with Crippen LogP contribution in [0.2, 0.25) is 5.02 Å². The molecule has 3 aromatic rings. The lowest BCUT2D eigenvalue weighted by atomic mass is 9.94. The van der Waals surface area contributed by atoms with Crippen molar-refractivity contribution in [1.29, 1.82) is 0 Å². The first-order chi connectivity index (χ1) is 24.0. The van der Waals surface area contributed by atoms with Gasteiger partial charge in [-0.1, -0.05) is 23.8 Å². The smallest absolute Gasteiger partial charge is 0.418 e. The van der Waals surface area contributed by atoms with Crippen molar-refractivity contribution in [2.75, 3.05) is 43.5 Å². The minimum absolute atomic E-state index is 0.0260. The molecular weight excluding hydrogens is 687 g/mol. The Hall–Kier alpha value is -4.04. The molecule has 2 aromatic heterocycles. The molecule has 4 fully saturated rings. The predicted molar refractivity (Wildman–Crippen MR) is 186 cm³/mol. The van der Waals surface area contributed by atoms with Crippen molar-refractivity contribution in [2.24, 2.45) is 0 Å². The first-order valence-corrected chi connectivity index (χ1v) is 17.7. The van der Waals surface area contributed by atoms with Crippen LogP contribution in [-0.4, -0.2) is 93.0 Å². The average molecular weight is 728 g/mol. The van der Waals surface area contributed by atoms with E-state index in [-0.39, 0.29) is 64.0 Å². The Labute approximate surface area is 298 Å². The lowest BCUT2D eigenvalue weighted by Gasteiger charge is -2.46. The number of pyridine rings is 1. The summed E-state index contributed by atoms with van der Waals surface area (Å²) in [5, 5.41) is 0.385. The third-order valence-corrected chi connectivity index (χ3v) is 11.3. The first kappa shape index (κ1) is 34.1. The summed E-state index contributed by atoms with van der Waals surface area (Å²) in [4.78, 5) is 33.8. The standard InChI is InChI=1S/C36H41ClF3N7O4/c1-18-13-35(9-6-10-45(35)14-18)17-50-32-42-22-12-21(29-27(36(38,39)40)19(2)11-25(41)43-29)28(37)30-26(22)31(44-32)46-15-20-7-8-23(24(46)16-49-30)47(20)33(48)51-34(3,4)5/h11-12,20,23-24H,1,6-10,13-17H2,2-5H3,(H2,41,43)/t20-,23+,24-,35+/m1/s1. The van der Waals surface area contributed by atoms with E-state index in [2.05, 4.69) is 21.4 Å². The number of amides is 1. The van der Waals surface area contributed by atoms with E-state index in [1.54, 1.807) is 0 Å². The van der Waals surface area contributed by atoms with E-state index in [0.717, 1.165) is 44.3 Å². The summed E-state index contributed by atoms with van der Waals surface area (Å²) < 4.78 is 62.4. The van der Waals surface area contributed by atoms with Crippen LogP contribution in [0.25, 0.3) is 22.2 Å². The summed E-state index contributed by atoms with van der Waals surface area (Å²) >= 11 is 7.04. The molecule has 0 aliphatic carbocycles. The molecule has 0 unspecified atom stereocenters. The summed E-state index contributed by atoms with van der Waals surface area (Å²) in [5.74, 6) is 0.549. The first-order valence-electron chi connectivity index (χ1n) is 17.4. The Morgan fingerprint density at radius 2 is 1.96 bits per heavy atom. The van der Waals surface area contributed by atoms with Crippen molar-refractivity contribution in [3.8, 4) is 23.0 Å². The van der Waals surface area contributed by atoms with Crippen LogP contribution in [0.4, 0.5) is 29.6 Å². The lowest BCUT2D eigenvalue weighted by molar-refractivity contribution is -0.137. The number of rotatable bonds is 4. The highest BCUT2D eigenvalue weighted by Crippen LogP contribution is 2.51. The number of piperazine rings is 1. The maximum atomic E-state index is 14.6. The van der Waals surface area contributed by atoms with Crippen molar-refractivity contribution in [3.63, 3.8) is 0 Å². The number of nitrogens with two attached hydrogens (primary N) is 1. The summed E-state index contributed by atoms with van der Waals surface area (Å²) in [5.41, 5.74) is 5.07. The molecule has 51 heavy (non-hydrogen) atoms. The van der Waals surface area contributed by atoms with Crippen LogP contribution in [0, 0.1) is 6.92 Å². The Balaban J connectivity index is 1.27. The number of carbonyl (C=O) groups is 1. The van der Waals surface area contributed by atoms with Crippen LogP contribution in [-0.2, 0) is 10.9 Å². The molecule has 11 nitrogen and oxygen atoms in total. The Bertz CT molecular complexity index is 1970. The van der Waals surface area contributed by atoms with Gasteiger partial charge in [-0.05, 0) is 84.0 Å². The number of aromatic nitrogens is 3. The second kappa shape index (κ2) is 11.7. The molecule has 1 aromatic carbocycles. The molecule has 272 valence electrons. The van der Waals surface area contributed by atoms with E-state index >= 15 is 0 Å². The molecule has 5 aliphatic rings. The fourth-order valence-corrected chi connectivity index (χ4v) is 9.22. The maximum absolute atomic E-state index is 14.6. The fraction of sp³-hybridized carbons (Fsp3) is 0.556. The number of anilines is 2. The zero-order chi connectivity index (χ0) is 36.2. The van der Waals surface area contributed by atoms with Gasteiger partial charge >= 0.3 is 18.3 Å². The number of hydrogen-bond acceptors (Lipinski definition) is 10. The van der Waals surface area contributed by atoms with E-state index in [1.165, 1.54) is 19.1 Å². The van der Waals surface area contributed by atoms with Gasteiger partial charge in [0.15, 0.2) is 5.75 Å². The van der Waals surface area contributed by atoms with E-state index in [1.807, 2.05) is 25.7 Å².